The number of aromatic nitrogens is 5. The van der Waals surface area contributed by atoms with E-state index >= 15 is 0 Å². The molecule has 0 bridgehead atoms. The smallest absolute Gasteiger partial charge is 0.256 e. The summed E-state index contributed by atoms with van der Waals surface area (Å²) in [5.41, 5.74) is 7.00. The van der Waals surface area contributed by atoms with Crippen molar-refractivity contribution in [3.63, 3.8) is 0 Å². The minimum atomic E-state index is -1.73. The van der Waals surface area contributed by atoms with Gasteiger partial charge in [-0.2, -0.15) is 0 Å². The van der Waals surface area contributed by atoms with Gasteiger partial charge in [0, 0.05) is 43.1 Å². The van der Waals surface area contributed by atoms with Gasteiger partial charge in [-0.1, -0.05) is 29.8 Å². The maximum absolute atomic E-state index is 9.57. The fraction of sp³-hybridized carbons (Fsp3) is 0.387. The number of ether oxygens (including phenoxy) is 3. The van der Waals surface area contributed by atoms with Gasteiger partial charge in [-0.15, -0.1) is 12.3 Å². The van der Waals surface area contributed by atoms with Crippen LogP contribution in [0.3, 0.4) is 0 Å². The Labute approximate surface area is 254 Å². The van der Waals surface area contributed by atoms with E-state index in [4.69, 9.17) is 53.3 Å². The first kappa shape index (κ1) is 30.4. The van der Waals surface area contributed by atoms with Gasteiger partial charge >= 0.3 is 0 Å². The normalized spacial score (nSPS) is 18.9. The highest BCUT2D eigenvalue weighted by Crippen LogP contribution is 2.41. The number of imidazole rings is 1. The van der Waals surface area contributed by atoms with Crippen LogP contribution in [-0.4, -0.2) is 56.1 Å². The summed E-state index contributed by atoms with van der Waals surface area (Å²) in [5.74, 6) is 4.06. The zero-order valence-electron chi connectivity index (χ0n) is 24.2. The third-order valence-electron chi connectivity index (χ3n) is 8.00. The van der Waals surface area contributed by atoms with Gasteiger partial charge in [0.15, 0.2) is 11.2 Å². The van der Waals surface area contributed by atoms with Crippen LogP contribution >= 0.6 is 11.6 Å². The molecule has 2 atom stereocenters. The van der Waals surface area contributed by atoms with Crippen molar-refractivity contribution in [2.75, 3.05) is 14.2 Å². The predicted molar refractivity (Wildman–Crippen MR) is 162 cm³/mol. The number of fused-ring (bicyclic) bond motifs is 1. The average molecular weight is 604 g/mol. The van der Waals surface area contributed by atoms with Gasteiger partial charge in [-0.25, -0.2) is 15.0 Å². The number of nitrogens with one attached hydrogen (secondary N) is 1. The fourth-order valence-electron chi connectivity index (χ4n) is 5.73. The second-order valence-corrected chi connectivity index (χ2v) is 11.1. The highest BCUT2D eigenvalue weighted by Gasteiger charge is 2.39. The zero-order valence-corrected chi connectivity index (χ0v) is 25.0. The molecule has 12 heteroatoms. The molecule has 0 aliphatic heterocycles. The maximum Gasteiger partial charge on any atom is 0.256 e. The Hall–Kier alpha value is -4.08. The summed E-state index contributed by atoms with van der Waals surface area (Å²) in [6, 6.07) is 9.35. The summed E-state index contributed by atoms with van der Waals surface area (Å²) in [6.07, 6.45) is 11.0. The Morgan fingerprint density at radius 3 is 2.60 bits per heavy atom. The van der Waals surface area contributed by atoms with Crippen LogP contribution in [0.25, 0.3) is 22.4 Å². The quantitative estimate of drug-likeness (QED) is 0.109. The number of hydrogen-bond donors (Lipinski definition) is 3. The molecule has 224 valence electrons. The van der Waals surface area contributed by atoms with Crippen molar-refractivity contribution in [1.29, 1.82) is 5.41 Å². The summed E-state index contributed by atoms with van der Waals surface area (Å²) in [5, 5.41) is 18.3. The lowest BCUT2D eigenvalue weighted by Crippen LogP contribution is -2.32. The molecule has 3 aromatic heterocycles. The number of methoxy groups -OCH3 is 2. The van der Waals surface area contributed by atoms with E-state index in [0.717, 1.165) is 31.2 Å². The monoisotopic (exact) mass is 603 g/mol. The number of halogens is 1. The van der Waals surface area contributed by atoms with Crippen LogP contribution in [0.1, 0.15) is 49.8 Å². The minimum Gasteiger partial charge on any atom is -0.496 e. The van der Waals surface area contributed by atoms with E-state index < -0.39 is 17.9 Å². The summed E-state index contributed by atoms with van der Waals surface area (Å²) in [4.78, 5) is 18.6. The molecule has 0 radical (unpaired) electrons. The molecule has 11 nitrogen and oxygen atoms in total. The molecule has 0 saturated heterocycles. The Kier molecular flexibility index (Phi) is 8.94. The molecule has 5 rings (SSSR count). The molecule has 43 heavy (non-hydrogen) atoms. The lowest BCUT2D eigenvalue weighted by molar-refractivity contribution is -0.0217. The van der Waals surface area contributed by atoms with E-state index in [-0.39, 0.29) is 11.7 Å². The van der Waals surface area contributed by atoms with Crippen LogP contribution in [0.4, 0.5) is 0 Å². The van der Waals surface area contributed by atoms with E-state index in [2.05, 4.69) is 20.5 Å². The molecule has 3 heterocycles. The first-order valence-electron chi connectivity index (χ1n) is 13.9. The number of para-hydroxylation sites is 1. The topological polar surface area (TPSA) is 154 Å². The van der Waals surface area contributed by atoms with Crippen LogP contribution in [0.2, 0.25) is 5.02 Å². The SMILES string of the molecule is C#CC1CCC(Cn2c(C(C)(OC)c3ccccc3OC)nc3nc(C(=N)OC(N)O)nc(-c4cncc(Cl)c4)c32)CC1. The molecule has 0 spiro atoms. The van der Waals surface area contributed by atoms with Gasteiger partial charge in [-0.3, -0.25) is 16.1 Å². The second-order valence-electron chi connectivity index (χ2n) is 10.7. The minimum absolute atomic E-state index is 0.117. The summed E-state index contributed by atoms with van der Waals surface area (Å²) in [7, 11) is 3.24. The van der Waals surface area contributed by atoms with Crippen molar-refractivity contribution in [2.45, 2.75) is 51.2 Å². The van der Waals surface area contributed by atoms with Crippen molar-refractivity contribution >= 4 is 28.7 Å². The van der Waals surface area contributed by atoms with Crippen LogP contribution < -0.4 is 10.5 Å². The first-order chi connectivity index (χ1) is 20.7. The van der Waals surface area contributed by atoms with Gasteiger partial charge in [0.25, 0.3) is 12.3 Å². The van der Waals surface area contributed by atoms with Crippen molar-refractivity contribution in [3.8, 4) is 29.4 Å². The van der Waals surface area contributed by atoms with Crippen molar-refractivity contribution in [3.05, 3.63) is 65.0 Å². The molecule has 0 amide bonds. The van der Waals surface area contributed by atoms with E-state index in [1.165, 1.54) is 6.20 Å². The maximum atomic E-state index is 9.57. The average Bonchev–Trinajstić information content (AvgIpc) is 3.38. The fourth-order valence-corrected chi connectivity index (χ4v) is 5.90. The number of nitrogens with zero attached hydrogens (tertiary/aromatic N) is 5. The van der Waals surface area contributed by atoms with Crippen molar-refractivity contribution in [2.24, 2.45) is 17.6 Å². The number of terminal acetylenes is 1. The standard InChI is InChI=1S/C31H34ClN7O4/c1-5-18-10-12-19(13-11-18)17-39-25-24(20-14-21(32)16-35-15-20)36-28(26(33)43-30(34)40)37-27(25)38-29(39)31(2,42-4)22-8-6-7-9-23(22)41-3/h1,6-9,14-16,18-19,30,33,40H,10-13,17,34H2,2-4H3. The van der Waals surface area contributed by atoms with Gasteiger partial charge in [0.2, 0.25) is 5.82 Å². The number of benzene rings is 1. The first-order valence-corrected chi connectivity index (χ1v) is 14.3. The van der Waals surface area contributed by atoms with Gasteiger partial charge in [-0.05, 0) is 50.7 Å². The molecular weight excluding hydrogens is 570 g/mol. The van der Waals surface area contributed by atoms with Crippen LogP contribution in [0.5, 0.6) is 5.75 Å². The Balaban J connectivity index is 1.80. The molecule has 1 aromatic carbocycles. The van der Waals surface area contributed by atoms with Gasteiger partial charge < -0.3 is 23.9 Å². The van der Waals surface area contributed by atoms with Crippen LogP contribution in [0, 0.1) is 29.6 Å². The highest BCUT2D eigenvalue weighted by molar-refractivity contribution is 6.30. The molecule has 1 fully saturated rings. The number of aliphatic hydroxyl groups excluding tert-OH is 1. The molecule has 1 saturated carbocycles. The second kappa shape index (κ2) is 12.7. The third kappa shape index (κ3) is 6.05. The number of nitrogens with two attached hydrogens (primary N) is 1. The molecule has 1 aliphatic carbocycles. The number of hydrogen-bond acceptors (Lipinski definition) is 10. The van der Waals surface area contributed by atoms with E-state index in [9.17, 15) is 5.11 Å². The summed E-state index contributed by atoms with van der Waals surface area (Å²) >= 11 is 6.36. The summed E-state index contributed by atoms with van der Waals surface area (Å²) in [6.45, 7) is 2.53. The molecule has 4 N–H and O–H groups in total. The number of pyridine rings is 1. The van der Waals surface area contributed by atoms with Crippen LogP contribution in [-0.2, 0) is 21.6 Å². The Morgan fingerprint density at radius 1 is 1.21 bits per heavy atom. The zero-order chi connectivity index (χ0) is 30.7. The molecule has 4 aromatic rings. The molecule has 2 unspecified atom stereocenters. The Morgan fingerprint density at radius 2 is 1.95 bits per heavy atom. The lowest BCUT2D eigenvalue weighted by Gasteiger charge is -2.32. The third-order valence-corrected chi connectivity index (χ3v) is 8.21. The Bertz CT molecular complexity index is 1680. The van der Waals surface area contributed by atoms with E-state index in [1.807, 2.05) is 31.2 Å². The molecule has 1 aliphatic rings. The van der Waals surface area contributed by atoms with Crippen LogP contribution in [0.15, 0.2) is 42.7 Å². The number of aliphatic hydroxyl groups is 1. The van der Waals surface area contributed by atoms with Crippen molar-refractivity contribution in [1.82, 2.24) is 24.5 Å². The van der Waals surface area contributed by atoms with Gasteiger partial charge in [0.05, 0.1) is 12.1 Å². The van der Waals surface area contributed by atoms with E-state index in [1.54, 1.807) is 26.5 Å². The van der Waals surface area contributed by atoms with Crippen molar-refractivity contribution < 1.29 is 19.3 Å². The molecular formula is C31H34ClN7O4. The lowest BCUT2D eigenvalue weighted by atomic mass is 9.82. The highest BCUT2D eigenvalue weighted by atomic mass is 35.5. The van der Waals surface area contributed by atoms with Gasteiger partial charge in [0.1, 0.15) is 22.8 Å². The van der Waals surface area contributed by atoms with E-state index in [0.29, 0.717) is 51.5 Å². The number of rotatable bonds is 9. The predicted octanol–water partition coefficient (Wildman–Crippen LogP) is 4.48. The summed E-state index contributed by atoms with van der Waals surface area (Å²) < 4.78 is 19.1. The largest absolute Gasteiger partial charge is 0.496 e.